The van der Waals surface area contributed by atoms with Crippen LogP contribution in [0.15, 0.2) is 18.2 Å². The van der Waals surface area contributed by atoms with E-state index in [1.165, 1.54) is 25.3 Å². The molecule has 0 heterocycles. The molecule has 0 fully saturated rings. The molecule has 0 aliphatic heterocycles. The number of hydrogen-bond donors (Lipinski definition) is 0. The van der Waals surface area contributed by atoms with Gasteiger partial charge >= 0.3 is 5.69 Å². The second kappa shape index (κ2) is 6.17. The Bertz CT molecular complexity index is 486. The first-order valence-corrected chi connectivity index (χ1v) is 5.94. The summed E-state index contributed by atoms with van der Waals surface area (Å²) < 4.78 is 4.90. The minimum atomic E-state index is -0.557. The largest absolute Gasteiger partial charge is 0.490 e. The molecule has 6 nitrogen and oxygen atoms in total. The van der Waals surface area contributed by atoms with Gasteiger partial charge in [-0.05, 0) is 18.1 Å². The zero-order chi connectivity index (χ0) is 14.6. The van der Waals surface area contributed by atoms with Gasteiger partial charge in [0.05, 0.1) is 12.0 Å². The predicted octanol–water partition coefficient (Wildman–Crippen LogP) is 2.33. The van der Waals surface area contributed by atoms with E-state index in [4.69, 9.17) is 4.74 Å². The summed E-state index contributed by atoms with van der Waals surface area (Å²) >= 11 is 0. The number of nitro benzene ring substituents is 1. The van der Waals surface area contributed by atoms with E-state index in [0.717, 1.165) is 0 Å². The summed E-state index contributed by atoms with van der Waals surface area (Å²) in [6.45, 7) is 4.60. The van der Waals surface area contributed by atoms with Crippen molar-refractivity contribution in [2.45, 2.75) is 13.8 Å². The Balaban J connectivity index is 3.05. The Morgan fingerprint density at radius 2 is 2.11 bits per heavy atom. The summed E-state index contributed by atoms with van der Waals surface area (Å²) in [6.07, 6.45) is 0. The smallest absolute Gasteiger partial charge is 0.311 e. The van der Waals surface area contributed by atoms with E-state index in [9.17, 15) is 14.9 Å². The highest BCUT2D eigenvalue weighted by atomic mass is 16.6. The van der Waals surface area contributed by atoms with Crippen molar-refractivity contribution in [3.8, 4) is 5.75 Å². The zero-order valence-electron chi connectivity index (χ0n) is 11.5. The van der Waals surface area contributed by atoms with Crippen LogP contribution in [-0.4, -0.2) is 36.4 Å². The summed E-state index contributed by atoms with van der Waals surface area (Å²) in [4.78, 5) is 24.0. The summed E-state index contributed by atoms with van der Waals surface area (Å²) in [5.41, 5.74) is 0.0851. The van der Waals surface area contributed by atoms with Gasteiger partial charge in [-0.25, -0.2) is 0 Å². The average Bonchev–Trinajstić information content (AvgIpc) is 2.36. The number of nitro groups is 1. The SMILES string of the molecule is COc1ccc(C(=O)N(C)CC(C)C)cc1[N+](=O)[O-]. The van der Waals surface area contributed by atoms with Gasteiger partial charge in [0.25, 0.3) is 5.91 Å². The van der Waals surface area contributed by atoms with Crippen molar-refractivity contribution in [2.24, 2.45) is 5.92 Å². The molecule has 19 heavy (non-hydrogen) atoms. The first kappa shape index (κ1) is 14.9. The first-order chi connectivity index (χ1) is 8.86. The lowest BCUT2D eigenvalue weighted by Crippen LogP contribution is -2.30. The number of carbonyl (C=O) groups excluding carboxylic acids is 1. The molecule has 0 saturated carbocycles. The first-order valence-electron chi connectivity index (χ1n) is 5.94. The van der Waals surface area contributed by atoms with E-state index in [1.807, 2.05) is 13.8 Å². The van der Waals surface area contributed by atoms with Crippen LogP contribution in [0.4, 0.5) is 5.69 Å². The molecule has 0 bridgehead atoms. The Morgan fingerprint density at radius 1 is 1.47 bits per heavy atom. The highest BCUT2D eigenvalue weighted by Crippen LogP contribution is 2.27. The molecule has 0 spiro atoms. The summed E-state index contributed by atoms with van der Waals surface area (Å²) in [5, 5.41) is 10.9. The van der Waals surface area contributed by atoms with Crippen LogP contribution in [0.2, 0.25) is 0 Å². The maximum Gasteiger partial charge on any atom is 0.311 e. The van der Waals surface area contributed by atoms with Gasteiger partial charge in [-0.15, -0.1) is 0 Å². The number of carbonyl (C=O) groups is 1. The molecule has 0 saturated heterocycles. The molecule has 0 aliphatic rings. The maximum atomic E-state index is 12.1. The third-order valence-corrected chi connectivity index (χ3v) is 2.61. The van der Waals surface area contributed by atoms with Crippen molar-refractivity contribution in [3.05, 3.63) is 33.9 Å². The molecule has 1 rings (SSSR count). The molecule has 0 N–H and O–H groups in total. The van der Waals surface area contributed by atoms with E-state index in [1.54, 1.807) is 11.9 Å². The molecule has 0 unspecified atom stereocenters. The molecule has 0 atom stereocenters. The normalized spacial score (nSPS) is 10.4. The van der Waals surface area contributed by atoms with Gasteiger partial charge in [0.15, 0.2) is 5.75 Å². The molecule has 104 valence electrons. The van der Waals surface area contributed by atoms with Gasteiger partial charge in [-0.2, -0.15) is 0 Å². The number of ether oxygens (including phenoxy) is 1. The fraction of sp³-hybridized carbons (Fsp3) is 0.462. The lowest BCUT2D eigenvalue weighted by Gasteiger charge is -2.19. The lowest BCUT2D eigenvalue weighted by molar-refractivity contribution is -0.385. The van der Waals surface area contributed by atoms with Crippen LogP contribution in [0, 0.1) is 16.0 Å². The van der Waals surface area contributed by atoms with Crippen molar-refractivity contribution in [2.75, 3.05) is 20.7 Å². The van der Waals surface area contributed by atoms with Gasteiger partial charge in [0.1, 0.15) is 0 Å². The van der Waals surface area contributed by atoms with Crippen LogP contribution < -0.4 is 4.74 Å². The van der Waals surface area contributed by atoms with Crippen LogP contribution in [0.3, 0.4) is 0 Å². The van der Waals surface area contributed by atoms with E-state index in [0.29, 0.717) is 12.5 Å². The van der Waals surface area contributed by atoms with Gasteiger partial charge in [0, 0.05) is 25.2 Å². The number of benzene rings is 1. The van der Waals surface area contributed by atoms with Crippen LogP contribution in [0.5, 0.6) is 5.75 Å². The molecule has 1 amide bonds. The minimum Gasteiger partial charge on any atom is -0.490 e. The quantitative estimate of drug-likeness (QED) is 0.605. The summed E-state index contributed by atoms with van der Waals surface area (Å²) in [5.74, 6) is 0.245. The average molecular weight is 266 g/mol. The van der Waals surface area contributed by atoms with E-state index < -0.39 is 4.92 Å². The Kier molecular flexibility index (Phi) is 4.86. The molecular formula is C13H18N2O4. The van der Waals surface area contributed by atoms with Crippen molar-refractivity contribution >= 4 is 11.6 Å². The van der Waals surface area contributed by atoms with Gasteiger partial charge in [-0.3, -0.25) is 14.9 Å². The van der Waals surface area contributed by atoms with Crippen LogP contribution >= 0.6 is 0 Å². The number of rotatable bonds is 5. The molecule has 6 heteroatoms. The second-order valence-electron chi connectivity index (χ2n) is 4.72. The van der Waals surface area contributed by atoms with Crippen molar-refractivity contribution < 1.29 is 14.5 Å². The minimum absolute atomic E-state index is 0.146. The number of amides is 1. The highest BCUT2D eigenvalue weighted by molar-refractivity contribution is 5.95. The monoisotopic (exact) mass is 266 g/mol. The Hall–Kier alpha value is -2.11. The molecule has 0 radical (unpaired) electrons. The summed E-state index contributed by atoms with van der Waals surface area (Å²) in [6, 6.07) is 4.22. The molecule has 1 aromatic rings. The third kappa shape index (κ3) is 3.67. The second-order valence-corrected chi connectivity index (χ2v) is 4.72. The number of hydrogen-bond acceptors (Lipinski definition) is 4. The van der Waals surface area contributed by atoms with E-state index in [-0.39, 0.29) is 22.9 Å². The lowest BCUT2D eigenvalue weighted by atomic mass is 10.1. The standard InChI is InChI=1S/C13H18N2O4/c1-9(2)8-14(3)13(16)10-5-6-12(19-4)11(7-10)15(17)18/h5-7,9H,8H2,1-4H3. The van der Waals surface area contributed by atoms with E-state index >= 15 is 0 Å². The van der Waals surface area contributed by atoms with Crippen molar-refractivity contribution in [3.63, 3.8) is 0 Å². The van der Waals surface area contributed by atoms with Crippen LogP contribution in [0.1, 0.15) is 24.2 Å². The Morgan fingerprint density at radius 3 is 2.58 bits per heavy atom. The highest BCUT2D eigenvalue weighted by Gasteiger charge is 2.20. The number of nitrogens with zero attached hydrogens (tertiary/aromatic N) is 2. The van der Waals surface area contributed by atoms with Crippen LogP contribution in [-0.2, 0) is 0 Å². The fourth-order valence-corrected chi connectivity index (χ4v) is 1.82. The molecule has 0 aromatic heterocycles. The molecule has 0 aliphatic carbocycles. The van der Waals surface area contributed by atoms with Crippen molar-refractivity contribution in [1.82, 2.24) is 4.90 Å². The Labute approximate surface area is 112 Å². The molecular weight excluding hydrogens is 248 g/mol. The van der Waals surface area contributed by atoms with Gasteiger partial charge in [0.2, 0.25) is 0 Å². The third-order valence-electron chi connectivity index (χ3n) is 2.61. The zero-order valence-corrected chi connectivity index (χ0v) is 11.5. The van der Waals surface area contributed by atoms with Crippen molar-refractivity contribution in [1.29, 1.82) is 0 Å². The number of methoxy groups -OCH3 is 1. The molecule has 1 aromatic carbocycles. The fourth-order valence-electron chi connectivity index (χ4n) is 1.82. The van der Waals surface area contributed by atoms with Gasteiger partial charge < -0.3 is 9.64 Å². The topological polar surface area (TPSA) is 72.7 Å². The van der Waals surface area contributed by atoms with Gasteiger partial charge in [-0.1, -0.05) is 13.8 Å². The van der Waals surface area contributed by atoms with E-state index in [2.05, 4.69) is 0 Å². The maximum absolute atomic E-state index is 12.1. The predicted molar refractivity (Wildman–Crippen MR) is 71.4 cm³/mol. The summed E-state index contributed by atoms with van der Waals surface area (Å²) in [7, 11) is 3.03. The van der Waals surface area contributed by atoms with Crippen LogP contribution in [0.25, 0.3) is 0 Å².